The molecule has 0 spiro atoms. The van der Waals surface area contributed by atoms with Gasteiger partial charge in [0.05, 0.1) is 30.6 Å². The van der Waals surface area contributed by atoms with Gasteiger partial charge in [0.2, 0.25) is 0 Å². The molecule has 11 nitrogen and oxygen atoms in total. The van der Waals surface area contributed by atoms with E-state index in [1.54, 1.807) is 35.4 Å². The molecule has 1 N–H and O–H groups in total. The standard InChI is InChI=1S/C24H27N7O4/c1-14(32)22(33)30-8-6-17(7-9-30)31-21-16(13-29(2)24(31)34)12-25-19-5-4-18(28-20(19)21)15-10-26-23(35-3)27-11-15/h4-5,10-12,14,17,32H,6-9,13H2,1-3H3/t14-/m1/s1. The molecule has 0 saturated carbocycles. The van der Waals surface area contributed by atoms with Crippen molar-refractivity contribution in [3.05, 3.63) is 36.3 Å². The molecule has 3 amide bonds. The van der Waals surface area contributed by atoms with Gasteiger partial charge in [0.15, 0.2) is 0 Å². The van der Waals surface area contributed by atoms with Crippen LogP contribution in [0.3, 0.4) is 0 Å². The first-order chi connectivity index (χ1) is 16.9. The lowest BCUT2D eigenvalue weighted by molar-refractivity contribution is -0.140. The SMILES string of the molecule is COc1ncc(-c2ccc3ncc4c(c3n2)N(C2CCN(C(=O)[C@@H](C)O)CC2)C(=O)N(C)C4)cn1. The molecule has 3 aromatic rings. The Balaban J connectivity index is 1.54. The van der Waals surface area contributed by atoms with Crippen LogP contribution in [0.25, 0.3) is 22.3 Å². The number of rotatable bonds is 4. The fourth-order valence-corrected chi connectivity index (χ4v) is 4.74. The third kappa shape index (κ3) is 4.12. The van der Waals surface area contributed by atoms with E-state index in [-0.39, 0.29) is 24.0 Å². The minimum absolute atomic E-state index is 0.106. The first kappa shape index (κ1) is 22.9. The first-order valence-corrected chi connectivity index (χ1v) is 11.5. The molecule has 0 radical (unpaired) electrons. The van der Waals surface area contributed by atoms with Gasteiger partial charge < -0.3 is 19.6 Å². The highest BCUT2D eigenvalue weighted by atomic mass is 16.5. The van der Waals surface area contributed by atoms with E-state index in [4.69, 9.17) is 9.72 Å². The lowest BCUT2D eigenvalue weighted by Gasteiger charge is -2.43. The summed E-state index contributed by atoms with van der Waals surface area (Å²) in [4.78, 5) is 48.6. The van der Waals surface area contributed by atoms with Crippen molar-refractivity contribution >= 4 is 28.7 Å². The summed E-state index contributed by atoms with van der Waals surface area (Å²) in [5.74, 6) is -0.284. The molecule has 5 heterocycles. The Morgan fingerprint density at radius 2 is 1.86 bits per heavy atom. The number of pyridine rings is 2. The Morgan fingerprint density at radius 3 is 2.51 bits per heavy atom. The van der Waals surface area contributed by atoms with E-state index < -0.39 is 6.10 Å². The Hall–Kier alpha value is -3.86. The Morgan fingerprint density at radius 1 is 1.14 bits per heavy atom. The fourth-order valence-electron chi connectivity index (χ4n) is 4.74. The van der Waals surface area contributed by atoms with Crippen LogP contribution in [0.5, 0.6) is 6.01 Å². The molecule has 35 heavy (non-hydrogen) atoms. The minimum atomic E-state index is -1.03. The van der Waals surface area contributed by atoms with Gasteiger partial charge in [-0.25, -0.2) is 19.7 Å². The van der Waals surface area contributed by atoms with Crippen LogP contribution in [0.2, 0.25) is 0 Å². The molecule has 1 fully saturated rings. The first-order valence-electron chi connectivity index (χ1n) is 11.5. The van der Waals surface area contributed by atoms with Crippen LogP contribution in [0.4, 0.5) is 10.5 Å². The highest BCUT2D eigenvalue weighted by molar-refractivity contribution is 6.04. The van der Waals surface area contributed by atoms with Crippen LogP contribution in [-0.2, 0) is 11.3 Å². The van der Waals surface area contributed by atoms with Gasteiger partial charge in [-0.1, -0.05) is 0 Å². The van der Waals surface area contributed by atoms with Gasteiger partial charge in [-0.3, -0.25) is 14.7 Å². The number of hydrogen-bond acceptors (Lipinski definition) is 8. The van der Waals surface area contributed by atoms with E-state index in [2.05, 4.69) is 15.0 Å². The van der Waals surface area contributed by atoms with Crippen molar-refractivity contribution in [1.29, 1.82) is 0 Å². The number of anilines is 1. The Bertz CT molecular complexity index is 1270. The third-order valence-electron chi connectivity index (χ3n) is 6.55. The van der Waals surface area contributed by atoms with Gasteiger partial charge in [0.1, 0.15) is 11.6 Å². The quantitative estimate of drug-likeness (QED) is 0.604. The summed E-state index contributed by atoms with van der Waals surface area (Å²) < 4.78 is 5.05. The molecule has 2 aliphatic rings. The molecule has 11 heteroatoms. The average Bonchev–Trinajstić information content (AvgIpc) is 2.89. The monoisotopic (exact) mass is 477 g/mol. The molecule has 3 aromatic heterocycles. The smallest absolute Gasteiger partial charge is 0.324 e. The molecular weight excluding hydrogens is 450 g/mol. The number of piperidine rings is 1. The van der Waals surface area contributed by atoms with Crippen molar-refractivity contribution < 1.29 is 19.4 Å². The summed E-state index contributed by atoms with van der Waals surface area (Å²) in [6, 6.07) is 3.79. The van der Waals surface area contributed by atoms with Gasteiger partial charge in [-0.15, -0.1) is 0 Å². The molecule has 1 atom stereocenters. The number of hydrogen-bond donors (Lipinski definition) is 1. The zero-order valence-electron chi connectivity index (χ0n) is 19.9. The summed E-state index contributed by atoms with van der Waals surface area (Å²) in [6.07, 6.45) is 5.27. The number of ether oxygens (including phenoxy) is 1. The molecule has 0 bridgehead atoms. The zero-order chi connectivity index (χ0) is 24.7. The highest BCUT2D eigenvalue weighted by Gasteiger charge is 2.38. The molecule has 1 saturated heterocycles. The van der Waals surface area contributed by atoms with E-state index in [1.165, 1.54) is 14.0 Å². The van der Waals surface area contributed by atoms with E-state index in [1.807, 2.05) is 17.0 Å². The number of fused-ring (bicyclic) bond motifs is 3. The van der Waals surface area contributed by atoms with Crippen LogP contribution >= 0.6 is 0 Å². The maximum absolute atomic E-state index is 13.4. The highest BCUT2D eigenvalue weighted by Crippen LogP contribution is 2.37. The number of carbonyl (C=O) groups is 2. The largest absolute Gasteiger partial charge is 0.467 e. The van der Waals surface area contributed by atoms with Crippen molar-refractivity contribution in [2.45, 2.75) is 38.5 Å². The second-order valence-electron chi connectivity index (χ2n) is 8.90. The summed E-state index contributed by atoms with van der Waals surface area (Å²) in [6.45, 7) is 2.86. The maximum atomic E-state index is 13.4. The predicted molar refractivity (Wildman–Crippen MR) is 128 cm³/mol. The average molecular weight is 478 g/mol. The number of aliphatic hydroxyl groups is 1. The number of aliphatic hydroxyl groups excluding tert-OH is 1. The zero-order valence-corrected chi connectivity index (χ0v) is 19.9. The second kappa shape index (κ2) is 9.06. The fraction of sp³-hybridized carbons (Fsp3) is 0.417. The molecule has 0 unspecified atom stereocenters. The van der Waals surface area contributed by atoms with Crippen molar-refractivity contribution in [3.8, 4) is 17.3 Å². The van der Waals surface area contributed by atoms with Gasteiger partial charge in [0, 0.05) is 55.9 Å². The topological polar surface area (TPSA) is 125 Å². The van der Waals surface area contributed by atoms with Gasteiger partial charge >= 0.3 is 12.0 Å². The number of urea groups is 1. The second-order valence-corrected chi connectivity index (χ2v) is 8.90. The predicted octanol–water partition coefficient (Wildman–Crippen LogP) is 1.84. The van der Waals surface area contributed by atoms with E-state index in [9.17, 15) is 14.7 Å². The van der Waals surface area contributed by atoms with E-state index in [0.717, 1.165) is 16.8 Å². The molecule has 0 aromatic carbocycles. The lowest BCUT2D eigenvalue weighted by atomic mass is 9.99. The Kier molecular flexibility index (Phi) is 5.93. The van der Waals surface area contributed by atoms with Gasteiger partial charge in [-0.2, -0.15) is 0 Å². The molecule has 0 aliphatic carbocycles. The van der Waals surface area contributed by atoms with Crippen molar-refractivity contribution in [2.75, 3.05) is 32.1 Å². The normalized spacial score (nSPS) is 17.5. The number of nitrogens with zero attached hydrogens (tertiary/aromatic N) is 7. The molecule has 182 valence electrons. The van der Waals surface area contributed by atoms with Gasteiger partial charge in [0.25, 0.3) is 5.91 Å². The molecule has 2 aliphatic heterocycles. The van der Waals surface area contributed by atoms with Crippen LogP contribution in [0, 0.1) is 0 Å². The third-order valence-corrected chi connectivity index (χ3v) is 6.55. The van der Waals surface area contributed by atoms with E-state index >= 15 is 0 Å². The number of likely N-dealkylation sites (tertiary alicyclic amines) is 1. The summed E-state index contributed by atoms with van der Waals surface area (Å²) in [5, 5.41) is 9.67. The summed E-state index contributed by atoms with van der Waals surface area (Å²) >= 11 is 0. The Labute approximate surface area is 202 Å². The van der Waals surface area contributed by atoms with E-state index in [0.29, 0.717) is 49.2 Å². The van der Waals surface area contributed by atoms with Crippen molar-refractivity contribution in [1.82, 2.24) is 29.7 Å². The van der Waals surface area contributed by atoms with Crippen molar-refractivity contribution in [3.63, 3.8) is 0 Å². The van der Waals surface area contributed by atoms with Crippen LogP contribution in [0.1, 0.15) is 25.3 Å². The number of aromatic nitrogens is 4. The maximum Gasteiger partial charge on any atom is 0.324 e. The van der Waals surface area contributed by atoms with Crippen LogP contribution in [-0.4, -0.2) is 86.2 Å². The summed E-state index contributed by atoms with van der Waals surface area (Å²) in [5.41, 5.74) is 4.39. The number of carbonyl (C=O) groups excluding carboxylic acids is 2. The summed E-state index contributed by atoms with van der Waals surface area (Å²) in [7, 11) is 3.28. The number of amides is 3. The van der Waals surface area contributed by atoms with Crippen LogP contribution in [0.15, 0.2) is 30.7 Å². The minimum Gasteiger partial charge on any atom is -0.467 e. The lowest BCUT2D eigenvalue weighted by Crippen LogP contribution is -2.55. The molecular formula is C24H27N7O4. The van der Waals surface area contributed by atoms with Gasteiger partial charge in [-0.05, 0) is 31.9 Å². The molecule has 5 rings (SSSR count). The van der Waals surface area contributed by atoms with Crippen LogP contribution < -0.4 is 9.64 Å². The number of methoxy groups -OCH3 is 1. The van der Waals surface area contributed by atoms with Crippen molar-refractivity contribution in [2.24, 2.45) is 0 Å².